The lowest BCUT2D eigenvalue weighted by Gasteiger charge is -2.12. The van der Waals surface area contributed by atoms with E-state index in [1.54, 1.807) is 44.2 Å². The molecule has 0 saturated carbocycles. The second-order valence-corrected chi connectivity index (χ2v) is 6.26. The van der Waals surface area contributed by atoms with Gasteiger partial charge in [-0.05, 0) is 32.0 Å². The summed E-state index contributed by atoms with van der Waals surface area (Å²) in [6, 6.07) is 12.1. The van der Waals surface area contributed by atoms with Crippen LogP contribution < -0.4 is 5.32 Å². The zero-order chi connectivity index (χ0) is 21.4. The Kier molecular flexibility index (Phi) is 7.91. The highest BCUT2D eigenvalue weighted by molar-refractivity contribution is 6.45. The Labute approximate surface area is 172 Å². The average molecular weight is 418 g/mol. The molecule has 1 atom stereocenters. The lowest BCUT2D eigenvalue weighted by Crippen LogP contribution is -2.30. The minimum absolute atomic E-state index is 0.0493. The van der Waals surface area contributed by atoms with E-state index in [2.05, 4.69) is 5.32 Å². The Morgan fingerprint density at radius 3 is 1.86 bits per heavy atom. The van der Waals surface area contributed by atoms with Gasteiger partial charge in [-0.3, -0.25) is 9.59 Å². The van der Waals surface area contributed by atoms with E-state index in [9.17, 15) is 19.2 Å². The number of alkyl halides is 1. The molecule has 152 valence electrons. The quantitative estimate of drug-likeness (QED) is 0.305. The molecule has 0 aliphatic heterocycles. The molecule has 0 aliphatic carbocycles. The maximum Gasteiger partial charge on any atom is 0.338 e. The number of esters is 2. The van der Waals surface area contributed by atoms with Gasteiger partial charge in [0.2, 0.25) is 5.91 Å². The van der Waals surface area contributed by atoms with Gasteiger partial charge in [-0.25, -0.2) is 9.59 Å². The summed E-state index contributed by atoms with van der Waals surface area (Å²) in [4.78, 5) is 49.0. The third-order valence-corrected chi connectivity index (χ3v) is 4.14. The Hall–Kier alpha value is -3.19. The largest absolute Gasteiger partial charge is 0.462 e. The number of hydrogen-bond donors (Lipinski definition) is 1. The number of rotatable bonds is 8. The second-order valence-electron chi connectivity index (χ2n) is 5.82. The average Bonchev–Trinajstić information content (AvgIpc) is 2.73. The van der Waals surface area contributed by atoms with Gasteiger partial charge in [-0.1, -0.05) is 30.3 Å². The van der Waals surface area contributed by atoms with Crippen LogP contribution >= 0.6 is 11.6 Å². The van der Waals surface area contributed by atoms with Gasteiger partial charge in [-0.2, -0.15) is 0 Å². The zero-order valence-electron chi connectivity index (χ0n) is 15.9. The van der Waals surface area contributed by atoms with Crippen LogP contribution in [-0.2, 0) is 14.3 Å². The van der Waals surface area contributed by atoms with Gasteiger partial charge in [0.15, 0.2) is 11.2 Å². The summed E-state index contributed by atoms with van der Waals surface area (Å²) >= 11 is 6.03. The van der Waals surface area contributed by atoms with Crippen molar-refractivity contribution in [1.82, 2.24) is 0 Å². The summed E-state index contributed by atoms with van der Waals surface area (Å²) in [5.74, 6) is -2.71. The molecule has 0 bridgehead atoms. The lowest BCUT2D eigenvalue weighted by atomic mass is 10.1. The first kappa shape index (κ1) is 22.1. The number of carbonyl (C=O) groups excluding carboxylic acids is 4. The lowest BCUT2D eigenvalue weighted by molar-refractivity contribution is -0.115. The molecule has 29 heavy (non-hydrogen) atoms. The van der Waals surface area contributed by atoms with Crippen molar-refractivity contribution in [3.63, 3.8) is 0 Å². The predicted octanol–water partition coefficient (Wildman–Crippen LogP) is 3.47. The monoisotopic (exact) mass is 417 g/mol. The van der Waals surface area contributed by atoms with E-state index in [1.165, 1.54) is 18.2 Å². The van der Waals surface area contributed by atoms with E-state index in [1.807, 2.05) is 0 Å². The van der Waals surface area contributed by atoms with Crippen LogP contribution in [0.15, 0.2) is 48.5 Å². The standard InChI is InChI=1S/C21H20ClNO6/c1-3-28-20(26)14-10-15(21(27)29-4-2)12-16(11-14)23-19(25)17(22)18(24)13-8-6-5-7-9-13/h5-12,17H,3-4H2,1-2H3,(H,23,25). The second kappa shape index (κ2) is 10.4. The normalized spacial score (nSPS) is 11.3. The van der Waals surface area contributed by atoms with Gasteiger partial charge < -0.3 is 14.8 Å². The zero-order valence-corrected chi connectivity index (χ0v) is 16.7. The fraction of sp³-hybridized carbons (Fsp3) is 0.238. The minimum Gasteiger partial charge on any atom is -0.462 e. The maximum absolute atomic E-state index is 12.4. The molecule has 0 heterocycles. The van der Waals surface area contributed by atoms with E-state index < -0.39 is 29.0 Å². The van der Waals surface area contributed by atoms with Crippen molar-refractivity contribution in [3.8, 4) is 0 Å². The van der Waals surface area contributed by atoms with Crippen LogP contribution in [0.5, 0.6) is 0 Å². The summed E-state index contributed by atoms with van der Waals surface area (Å²) in [5.41, 5.74) is 0.492. The maximum atomic E-state index is 12.4. The Balaban J connectivity index is 2.27. The van der Waals surface area contributed by atoms with E-state index >= 15 is 0 Å². The molecule has 2 rings (SSSR count). The van der Waals surface area contributed by atoms with Crippen molar-refractivity contribution < 1.29 is 28.7 Å². The third kappa shape index (κ3) is 5.89. The smallest absolute Gasteiger partial charge is 0.338 e. The Bertz CT molecular complexity index is 876. The molecule has 0 spiro atoms. The molecular formula is C21H20ClNO6. The predicted molar refractivity (Wildman–Crippen MR) is 107 cm³/mol. The number of Topliss-reactive ketones (excluding diaryl/α,β-unsaturated/α-hetero) is 1. The van der Waals surface area contributed by atoms with E-state index in [-0.39, 0.29) is 35.6 Å². The van der Waals surface area contributed by atoms with Crippen molar-refractivity contribution in [2.75, 3.05) is 18.5 Å². The topological polar surface area (TPSA) is 98.8 Å². The molecule has 0 aliphatic rings. The minimum atomic E-state index is -1.49. The number of hydrogen-bond acceptors (Lipinski definition) is 6. The van der Waals surface area contributed by atoms with E-state index in [0.717, 1.165) is 0 Å². The molecule has 7 nitrogen and oxygen atoms in total. The molecule has 0 radical (unpaired) electrons. The molecule has 1 unspecified atom stereocenters. The summed E-state index contributed by atoms with van der Waals surface area (Å²) in [6.45, 7) is 3.56. The molecule has 0 aromatic heterocycles. The van der Waals surface area contributed by atoms with Crippen molar-refractivity contribution in [2.45, 2.75) is 19.2 Å². The first-order valence-electron chi connectivity index (χ1n) is 8.90. The molecule has 2 aromatic rings. The Morgan fingerprint density at radius 2 is 1.38 bits per heavy atom. The van der Waals surface area contributed by atoms with Crippen LogP contribution in [0.3, 0.4) is 0 Å². The summed E-state index contributed by atoms with van der Waals surface area (Å²) in [5, 5.41) is 0.969. The van der Waals surface area contributed by atoms with Crippen LogP contribution in [0, 0.1) is 0 Å². The summed E-state index contributed by atoms with van der Waals surface area (Å²) in [6.07, 6.45) is 0. The van der Waals surface area contributed by atoms with Crippen LogP contribution in [0.25, 0.3) is 0 Å². The number of nitrogens with one attached hydrogen (secondary N) is 1. The highest BCUT2D eigenvalue weighted by Crippen LogP contribution is 2.19. The molecule has 2 aromatic carbocycles. The summed E-state index contributed by atoms with van der Waals surface area (Å²) < 4.78 is 9.88. The van der Waals surface area contributed by atoms with Gasteiger partial charge in [0, 0.05) is 11.3 Å². The van der Waals surface area contributed by atoms with E-state index in [0.29, 0.717) is 0 Å². The van der Waals surface area contributed by atoms with Gasteiger partial charge in [-0.15, -0.1) is 11.6 Å². The summed E-state index contributed by atoms with van der Waals surface area (Å²) in [7, 11) is 0. The fourth-order valence-electron chi connectivity index (χ4n) is 2.44. The Morgan fingerprint density at radius 1 is 0.862 bits per heavy atom. The molecule has 8 heteroatoms. The number of anilines is 1. The van der Waals surface area contributed by atoms with Crippen molar-refractivity contribution >= 4 is 40.9 Å². The molecular weight excluding hydrogens is 398 g/mol. The van der Waals surface area contributed by atoms with Gasteiger partial charge in [0.25, 0.3) is 0 Å². The molecule has 1 N–H and O–H groups in total. The molecule has 0 fully saturated rings. The van der Waals surface area contributed by atoms with Crippen molar-refractivity contribution in [3.05, 3.63) is 65.2 Å². The highest BCUT2D eigenvalue weighted by atomic mass is 35.5. The van der Waals surface area contributed by atoms with Crippen LogP contribution in [0.2, 0.25) is 0 Å². The first-order valence-corrected chi connectivity index (χ1v) is 9.34. The van der Waals surface area contributed by atoms with Gasteiger partial charge >= 0.3 is 11.9 Å². The van der Waals surface area contributed by atoms with E-state index in [4.69, 9.17) is 21.1 Å². The van der Waals surface area contributed by atoms with Crippen LogP contribution in [-0.4, -0.2) is 42.2 Å². The number of ether oxygens (including phenoxy) is 2. The van der Waals surface area contributed by atoms with Gasteiger partial charge in [0.05, 0.1) is 24.3 Å². The van der Waals surface area contributed by atoms with Crippen LogP contribution in [0.4, 0.5) is 5.69 Å². The number of halogens is 1. The highest BCUT2D eigenvalue weighted by Gasteiger charge is 2.26. The first-order chi connectivity index (χ1) is 13.9. The SMILES string of the molecule is CCOC(=O)c1cc(NC(=O)C(Cl)C(=O)c2ccccc2)cc(C(=O)OCC)c1. The number of amides is 1. The van der Waals surface area contributed by atoms with Crippen LogP contribution in [0.1, 0.15) is 44.9 Å². The van der Waals surface area contributed by atoms with Crippen molar-refractivity contribution in [2.24, 2.45) is 0 Å². The van der Waals surface area contributed by atoms with Gasteiger partial charge in [0.1, 0.15) is 0 Å². The number of benzene rings is 2. The fourth-order valence-corrected chi connectivity index (χ4v) is 2.62. The number of ketones is 1. The number of carbonyl (C=O) groups is 4. The van der Waals surface area contributed by atoms with Crippen molar-refractivity contribution in [1.29, 1.82) is 0 Å². The third-order valence-electron chi connectivity index (χ3n) is 3.74. The molecule has 1 amide bonds. The molecule has 0 saturated heterocycles.